The van der Waals surface area contributed by atoms with Crippen LogP contribution in [0.4, 0.5) is 0 Å². The number of ether oxygens (including phenoxy) is 2. The second kappa shape index (κ2) is 7.23. The van der Waals surface area contributed by atoms with Crippen LogP contribution >= 0.6 is 0 Å². The molecule has 1 fully saturated rings. The van der Waals surface area contributed by atoms with E-state index in [9.17, 15) is 4.79 Å². The quantitative estimate of drug-likeness (QED) is 0.817. The average molecular weight is 317 g/mol. The minimum absolute atomic E-state index is 0.0659. The first-order valence-electron chi connectivity index (χ1n) is 7.61. The summed E-state index contributed by atoms with van der Waals surface area (Å²) in [6.45, 7) is 3.78. The Hall–Kier alpha value is -2.41. The number of carbonyl (C=O) groups is 1. The molecular formula is C16H19N3O4. The zero-order chi connectivity index (χ0) is 16.1. The average Bonchev–Trinajstić information content (AvgIpc) is 3.22. The van der Waals surface area contributed by atoms with Crippen molar-refractivity contribution in [2.75, 3.05) is 26.4 Å². The molecule has 1 amide bonds. The van der Waals surface area contributed by atoms with Gasteiger partial charge in [0.15, 0.2) is 5.82 Å². The van der Waals surface area contributed by atoms with E-state index in [1.807, 2.05) is 24.3 Å². The number of amides is 1. The lowest BCUT2D eigenvalue weighted by molar-refractivity contribution is -0.119. The topological polar surface area (TPSA) is 86.5 Å². The number of nitrogens with one attached hydrogen (secondary N) is 1. The van der Waals surface area contributed by atoms with E-state index in [0.29, 0.717) is 31.5 Å². The second-order valence-corrected chi connectivity index (χ2v) is 5.37. The molecule has 1 aliphatic heterocycles. The number of carbonyl (C=O) groups excluding carboxylic acids is 1. The Morgan fingerprint density at radius 3 is 2.91 bits per heavy atom. The molecule has 1 aromatic heterocycles. The lowest BCUT2D eigenvalue weighted by Gasteiger charge is -2.06. The van der Waals surface area contributed by atoms with Crippen molar-refractivity contribution in [2.45, 2.75) is 19.3 Å². The molecular weight excluding hydrogens is 298 g/mol. The van der Waals surface area contributed by atoms with Crippen LogP contribution in [0.25, 0.3) is 11.5 Å². The van der Waals surface area contributed by atoms with Gasteiger partial charge in [-0.2, -0.15) is 4.98 Å². The monoisotopic (exact) mass is 317 g/mol. The van der Waals surface area contributed by atoms with Crippen LogP contribution in [0.1, 0.15) is 25.1 Å². The van der Waals surface area contributed by atoms with Gasteiger partial charge in [-0.15, -0.1) is 0 Å². The van der Waals surface area contributed by atoms with E-state index in [-0.39, 0.29) is 11.8 Å². The van der Waals surface area contributed by atoms with Crippen LogP contribution in [-0.2, 0) is 9.53 Å². The standard InChI is InChI=1S/C16H19N3O4/c1-11(20)17-7-9-22-14-4-2-12(3-5-14)16-18-15(19-23-16)13-6-8-21-10-13/h2-5,13H,6-10H2,1H3,(H,17,20)/t13-/m0/s1. The number of benzene rings is 1. The molecule has 0 unspecified atom stereocenters. The molecule has 0 spiro atoms. The van der Waals surface area contributed by atoms with Crippen LogP contribution in [0.15, 0.2) is 28.8 Å². The third kappa shape index (κ3) is 4.07. The van der Waals surface area contributed by atoms with E-state index < -0.39 is 0 Å². The number of nitrogens with zero attached hydrogens (tertiary/aromatic N) is 2. The summed E-state index contributed by atoms with van der Waals surface area (Å²) in [6, 6.07) is 7.42. The Labute approximate surface area is 134 Å². The normalized spacial score (nSPS) is 17.2. The van der Waals surface area contributed by atoms with E-state index in [2.05, 4.69) is 15.5 Å². The Morgan fingerprint density at radius 2 is 2.22 bits per heavy atom. The van der Waals surface area contributed by atoms with Gasteiger partial charge in [0, 0.05) is 25.0 Å². The number of hydrogen-bond acceptors (Lipinski definition) is 6. The zero-order valence-corrected chi connectivity index (χ0v) is 12.9. The molecule has 0 saturated carbocycles. The highest BCUT2D eigenvalue weighted by molar-refractivity contribution is 5.72. The van der Waals surface area contributed by atoms with Crippen LogP contribution in [-0.4, -0.2) is 42.4 Å². The van der Waals surface area contributed by atoms with Crippen molar-refractivity contribution in [1.82, 2.24) is 15.5 Å². The zero-order valence-electron chi connectivity index (χ0n) is 12.9. The molecule has 1 atom stereocenters. The molecule has 0 bridgehead atoms. The van der Waals surface area contributed by atoms with Crippen LogP contribution < -0.4 is 10.1 Å². The van der Waals surface area contributed by atoms with Crippen molar-refractivity contribution in [3.05, 3.63) is 30.1 Å². The third-order valence-corrected chi connectivity index (χ3v) is 3.58. The van der Waals surface area contributed by atoms with Gasteiger partial charge in [-0.05, 0) is 30.7 Å². The fourth-order valence-electron chi connectivity index (χ4n) is 2.35. The summed E-state index contributed by atoms with van der Waals surface area (Å²) in [5.74, 6) is 2.08. The molecule has 122 valence electrons. The Balaban J connectivity index is 1.57. The van der Waals surface area contributed by atoms with Gasteiger partial charge in [0.05, 0.1) is 13.2 Å². The maximum Gasteiger partial charge on any atom is 0.257 e. The lowest BCUT2D eigenvalue weighted by atomic mass is 10.1. The maximum atomic E-state index is 10.8. The van der Waals surface area contributed by atoms with Crippen molar-refractivity contribution in [2.24, 2.45) is 0 Å². The molecule has 23 heavy (non-hydrogen) atoms. The summed E-state index contributed by atoms with van der Waals surface area (Å²) in [7, 11) is 0. The fourth-order valence-corrected chi connectivity index (χ4v) is 2.35. The third-order valence-electron chi connectivity index (χ3n) is 3.58. The first kappa shape index (κ1) is 15.5. The van der Waals surface area contributed by atoms with E-state index in [4.69, 9.17) is 14.0 Å². The molecule has 3 rings (SSSR count). The molecule has 7 nitrogen and oxygen atoms in total. The summed E-state index contributed by atoms with van der Waals surface area (Å²) < 4.78 is 16.2. The van der Waals surface area contributed by atoms with E-state index in [0.717, 1.165) is 24.3 Å². The SMILES string of the molecule is CC(=O)NCCOc1ccc(-c2nc([C@H]3CCOC3)no2)cc1. The fraction of sp³-hybridized carbons (Fsp3) is 0.438. The van der Waals surface area contributed by atoms with Crippen molar-refractivity contribution >= 4 is 5.91 Å². The number of aromatic nitrogens is 2. The minimum atomic E-state index is -0.0659. The Morgan fingerprint density at radius 1 is 1.39 bits per heavy atom. The molecule has 7 heteroatoms. The molecule has 0 aliphatic carbocycles. The summed E-state index contributed by atoms with van der Waals surface area (Å²) >= 11 is 0. The Kier molecular flexibility index (Phi) is 4.87. The predicted octanol–water partition coefficient (Wildman–Crippen LogP) is 1.76. The van der Waals surface area contributed by atoms with Gasteiger partial charge in [-0.3, -0.25) is 4.79 Å². The second-order valence-electron chi connectivity index (χ2n) is 5.37. The summed E-state index contributed by atoms with van der Waals surface area (Å²) in [6.07, 6.45) is 0.931. The van der Waals surface area contributed by atoms with Crippen molar-refractivity contribution < 1.29 is 18.8 Å². The van der Waals surface area contributed by atoms with Gasteiger partial charge < -0.3 is 19.3 Å². The van der Waals surface area contributed by atoms with Crippen LogP contribution in [0.3, 0.4) is 0 Å². The van der Waals surface area contributed by atoms with Crippen LogP contribution in [0.2, 0.25) is 0 Å². The van der Waals surface area contributed by atoms with E-state index in [1.165, 1.54) is 6.92 Å². The van der Waals surface area contributed by atoms with Gasteiger partial charge in [0.1, 0.15) is 12.4 Å². The highest BCUT2D eigenvalue weighted by atomic mass is 16.5. The summed E-state index contributed by atoms with van der Waals surface area (Å²) in [5.41, 5.74) is 0.844. The highest BCUT2D eigenvalue weighted by Gasteiger charge is 2.23. The van der Waals surface area contributed by atoms with Crippen LogP contribution in [0.5, 0.6) is 5.75 Å². The minimum Gasteiger partial charge on any atom is -0.492 e. The lowest BCUT2D eigenvalue weighted by Crippen LogP contribution is -2.25. The number of hydrogen-bond donors (Lipinski definition) is 1. The van der Waals surface area contributed by atoms with Crippen LogP contribution in [0, 0.1) is 0 Å². The van der Waals surface area contributed by atoms with E-state index in [1.54, 1.807) is 0 Å². The molecule has 2 aromatic rings. The van der Waals surface area contributed by atoms with Crippen molar-refractivity contribution in [3.8, 4) is 17.2 Å². The molecule has 1 aliphatic rings. The molecule has 1 saturated heterocycles. The van der Waals surface area contributed by atoms with Crippen molar-refractivity contribution in [1.29, 1.82) is 0 Å². The van der Waals surface area contributed by atoms with Crippen molar-refractivity contribution in [3.63, 3.8) is 0 Å². The summed E-state index contributed by atoms with van der Waals surface area (Å²) in [4.78, 5) is 15.2. The summed E-state index contributed by atoms with van der Waals surface area (Å²) in [5, 5.41) is 6.71. The van der Waals surface area contributed by atoms with Gasteiger partial charge >= 0.3 is 0 Å². The highest BCUT2D eigenvalue weighted by Crippen LogP contribution is 2.26. The molecule has 0 radical (unpaired) electrons. The van der Waals surface area contributed by atoms with E-state index >= 15 is 0 Å². The number of rotatable bonds is 6. The maximum absolute atomic E-state index is 10.8. The largest absolute Gasteiger partial charge is 0.492 e. The molecule has 1 N–H and O–H groups in total. The van der Waals surface area contributed by atoms with Gasteiger partial charge in [-0.25, -0.2) is 0 Å². The first-order valence-corrected chi connectivity index (χ1v) is 7.61. The van der Waals surface area contributed by atoms with Gasteiger partial charge in [-0.1, -0.05) is 5.16 Å². The molecule has 2 heterocycles. The molecule has 1 aromatic carbocycles. The first-order chi connectivity index (χ1) is 11.2. The van der Waals surface area contributed by atoms with Gasteiger partial charge in [0.25, 0.3) is 5.89 Å². The van der Waals surface area contributed by atoms with Gasteiger partial charge in [0.2, 0.25) is 5.91 Å². The smallest absolute Gasteiger partial charge is 0.257 e. The Bertz CT molecular complexity index is 648. The predicted molar refractivity (Wildman–Crippen MR) is 82.1 cm³/mol.